The third kappa shape index (κ3) is 2.29. The van der Waals surface area contributed by atoms with E-state index in [2.05, 4.69) is 12.2 Å². The van der Waals surface area contributed by atoms with Crippen molar-refractivity contribution in [3.8, 4) is 5.75 Å². The van der Waals surface area contributed by atoms with Crippen LogP contribution in [0.2, 0.25) is 0 Å². The van der Waals surface area contributed by atoms with Crippen LogP contribution >= 0.6 is 0 Å². The molecular formula is C12H15NO2. The molecule has 1 aliphatic carbocycles. The molecule has 2 N–H and O–H groups in total. The predicted molar refractivity (Wildman–Crippen MR) is 57.8 cm³/mol. The molecule has 2 atom stereocenters. The van der Waals surface area contributed by atoms with Gasteiger partial charge in [0.05, 0.1) is 0 Å². The molecule has 1 fully saturated rings. The number of hydrogen-bond acceptors (Lipinski definition) is 2. The summed E-state index contributed by atoms with van der Waals surface area (Å²) in [5.41, 5.74) is 0.606. The number of amides is 1. The van der Waals surface area contributed by atoms with Crippen molar-refractivity contribution < 1.29 is 9.90 Å². The number of phenols is 1. The monoisotopic (exact) mass is 205 g/mol. The lowest BCUT2D eigenvalue weighted by atomic mass is 10.2. The van der Waals surface area contributed by atoms with E-state index in [1.54, 1.807) is 12.1 Å². The van der Waals surface area contributed by atoms with Gasteiger partial charge in [0.2, 0.25) is 0 Å². The molecule has 0 radical (unpaired) electrons. The highest BCUT2D eigenvalue weighted by molar-refractivity contribution is 5.94. The summed E-state index contributed by atoms with van der Waals surface area (Å²) in [6.45, 7) is 2.14. The van der Waals surface area contributed by atoms with Crippen molar-refractivity contribution in [1.82, 2.24) is 5.32 Å². The van der Waals surface area contributed by atoms with Crippen molar-refractivity contribution in [1.29, 1.82) is 0 Å². The van der Waals surface area contributed by atoms with Gasteiger partial charge in [0.15, 0.2) is 0 Å². The number of benzene rings is 1. The number of rotatable bonds is 3. The minimum Gasteiger partial charge on any atom is -0.508 e. The Kier molecular flexibility index (Phi) is 2.62. The van der Waals surface area contributed by atoms with Gasteiger partial charge in [-0.05, 0) is 36.6 Å². The smallest absolute Gasteiger partial charge is 0.251 e. The Balaban J connectivity index is 1.94. The van der Waals surface area contributed by atoms with Crippen LogP contribution in [0.1, 0.15) is 30.1 Å². The van der Waals surface area contributed by atoms with Crippen LogP contribution < -0.4 is 5.32 Å². The first kappa shape index (κ1) is 10.0. The Morgan fingerprint density at radius 3 is 2.67 bits per heavy atom. The average molecular weight is 205 g/mol. The summed E-state index contributed by atoms with van der Waals surface area (Å²) in [6, 6.07) is 6.68. The van der Waals surface area contributed by atoms with Gasteiger partial charge in [0, 0.05) is 11.6 Å². The summed E-state index contributed by atoms with van der Waals surface area (Å²) in [7, 11) is 0. The van der Waals surface area contributed by atoms with Gasteiger partial charge in [-0.25, -0.2) is 0 Å². The molecular weight excluding hydrogens is 190 g/mol. The Morgan fingerprint density at radius 2 is 2.13 bits per heavy atom. The van der Waals surface area contributed by atoms with Gasteiger partial charge < -0.3 is 10.4 Å². The lowest BCUT2D eigenvalue weighted by molar-refractivity contribution is 0.0949. The van der Waals surface area contributed by atoms with Crippen molar-refractivity contribution in [2.24, 2.45) is 5.92 Å². The lowest BCUT2D eigenvalue weighted by Gasteiger charge is -2.03. The number of carbonyl (C=O) groups is 1. The Labute approximate surface area is 89.1 Å². The van der Waals surface area contributed by atoms with Crippen LogP contribution in [0.4, 0.5) is 0 Å². The molecule has 1 aliphatic rings. The topological polar surface area (TPSA) is 49.3 Å². The highest BCUT2D eigenvalue weighted by Gasteiger charge is 2.36. The first-order valence-corrected chi connectivity index (χ1v) is 5.30. The van der Waals surface area contributed by atoms with E-state index in [4.69, 9.17) is 5.11 Å². The van der Waals surface area contributed by atoms with Crippen molar-refractivity contribution in [2.45, 2.75) is 25.8 Å². The quantitative estimate of drug-likeness (QED) is 0.792. The zero-order chi connectivity index (χ0) is 10.8. The standard InChI is InChI=1S/C12H15NO2/c1-2-8-7-11(8)13-12(15)9-3-5-10(14)6-4-9/h3-6,8,11,14H,2,7H2,1H3,(H,13,15). The van der Waals surface area contributed by atoms with Crippen molar-refractivity contribution in [2.75, 3.05) is 0 Å². The Hall–Kier alpha value is -1.51. The molecule has 3 heteroatoms. The summed E-state index contributed by atoms with van der Waals surface area (Å²) < 4.78 is 0. The van der Waals surface area contributed by atoms with Crippen molar-refractivity contribution >= 4 is 5.91 Å². The first-order valence-electron chi connectivity index (χ1n) is 5.30. The van der Waals surface area contributed by atoms with E-state index in [0.29, 0.717) is 17.5 Å². The van der Waals surface area contributed by atoms with Crippen LogP contribution in [-0.4, -0.2) is 17.1 Å². The molecule has 0 spiro atoms. The van der Waals surface area contributed by atoms with E-state index in [0.717, 1.165) is 12.8 Å². The Morgan fingerprint density at radius 1 is 1.47 bits per heavy atom. The normalized spacial score (nSPS) is 23.5. The second kappa shape index (κ2) is 3.93. The highest BCUT2D eigenvalue weighted by Crippen LogP contribution is 2.33. The maximum absolute atomic E-state index is 11.7. The minimum absolute atomic E-state index is 0.0454. The van der Waals surface area contributed by atoms with Gasteiger partial charge >= 0.3 is 0 Å². The SMILES string of the molecule is CCC1CC1NC(=O)c1ccc(O)cc1. The summed E-state index contributed by atoms with van der Waals surface area (Å²) >= 11 is 0. The van der Waals surface area contributed by atoms with Gasteiger partial charge in [-0.15, -0.1) is 0 Å². The zero-order valence-corrected chi connectivity index (χ0v) is 8.73. The first-order chi connectivity index (χ1) is 7.20. The summed E-state index contributed by atoms with van der Waals surface area (Å²) in [5.74, 6) is 0.798. The highest BCUT2D eigenvalue weighted by atomic mass is 16.3. The number of nitrogens with one attached hydrogen (secondary N) is 1. The fourth-order valence-corrected chi connectivity index (χ4v) is 1.74. The molecule has 2 unspecified atom stereocenters. The molecule has 2 rings (SSSR count). The Bertz CT molecular complexity index is 358. The van der Waals surface area contributed by atoms with Gasteiger partial charge in [-0.3, -0.25) is 4.79 Å². The van der Waals surface area contributed by atoms with Gasteiger partial charge in [0.25, 0.3) is 5.91 Å². The molecule has 80 valence electrons. The maximum Gasteiger partial charge on any atom is 0.251 e. The van der Waals surface area contributed by atoms with E-state index in [1.165, 1.54) is 12.1 Å². The molecule has 3 nitrogen and oxygen atoms in total. The number of phenolic OH excluding ortho intramolecular Hbond substituents is 1. The van der Waals surface area contributed by atoms with Crippen LogP contribution in [0.15, 0.2) is 24.3 Å². The maximum atomic E-state index is 11.7. The van der Waals surface area contributed by atoms with Gasteiger partial charge in [-0.1, -0.05) is 13.3 Å². The van der Waals surface area contributed by atoms with E-state index in [9.17, 15) is 4.79 Å². The zero-order valence-electron chi connectivity index (χ0n) is 8.73. The summed E-state index contributed by atoms with van der Waals surface area (Å²) in [6.07, 6.45) is 2.22. The van der Waals surface area contributed by atoms with E-state index < -0.39 is 0 Å². The molecule has 1 amide bonds. The third-order valence-corrected chi connectivity index (χ3v) is 2.89. The second-order valence-corrected chi connectivity index (χ2v) is 4.03. The second-order valence-electron chi connectivity index (χ2n) is 4.03. The molecule has 1 aromatic carbocycles. The fraction of sp³-hybridized carbons (Fsp3) is 0.417. The molecule has 15 heavy (non-hydrogen) atoms. The largest absolute Gasteiger partial charge is 0.508 e. The third-order valence-electron chi connectivity index (χ3n) is 2.89. The minimum atomic E-state index is -0.0454. The lowest BCUT2D eigenvalue weighted by Crippen LogP contribution is -2.26. The summed E-state index contributed by atoms with van der Waals surface area (Å²) in [4.78, 5) is 11.7. The molecule has 0 heterocycles. The van der Waals surface area contributed by atoms with Crippen LogP contribution in [0.25, 0.3) is 0 Å². The average Bonchev–Trinajstić information content (AvgIpc) is 2.97. The van der Waals surface area contributed by atoms with Gasteiger partial charge in [-0.2, -0.15) is 0 Å². The van der Waals surface area contributed by atoms with Gasteiger partial charge in [0.1, 0.15) is 5.75 Å². The van der Waals surface area contributed by atoms with E-state index in [-0.39, 0.29) is 11.7 Å². The number of aromatic hydroxyl groups is 1. The van der Waals surface area contributed by atoms with Crippen LogP contribution in [0, 0.1) is 5.92 Å². The molecule has 0 aliphatic heterocycles. The van der Waals surface area contributed by atoms with Crippen molar-refractivity contribution in [3.05, 3.63) is 29.8 Å². The van der Waals surface area contributed by atoms with Crippen molar-refractivity contribution in [3.63, 3.8) is 0 Å². The predicted octanol–water partition coefficient (Wildman–Crippen LogP) is 1.92. The molecule has 1 aromatic rings. The number of hydrogen-bond donors (Lipinski definition) is 2. The molecule has 1 saturated carbocycles. The van der Waals surface area contributed by atoms with Crippen LogP contribution in [0.5, 0.6) is 5.75 Å². The van der Waals surface area contributed by atoms with Crippen LogP contribution in [0.3, 0.4) is 0 Å². The number of carbonyl (C=O) groups excluding carboxylic acids is 1. The van der Waals surface area contributed by atoms with E-state index >= 15 is 0 Å². The van der Waals surface area contributed by atoms with E-state index in [1.807, 2.05) is 0 Å². The fourth-order valence-electron chi connectivity index (χ4n) is 1.74. The molecule has 0 saturated heterocycles. The molecule has 0 bridgehead atoms. The van der Waals surface area contributed by atoms with Crippen LogP contribution in [-0.2, 0) is 0 Å². The summed E-state index contributed by atoms with van der Waals surface area (Å²) in [5, 5.41) is 12.1. The molecule has 0 aromatic heterocycles.